The van der Waals surface area contributed by atoms with Gasteiger partial charge in [0.2, 0.25) is 0 Å². The van der Waals surface area contributed by atoms with Gasteiger partial charge in [0, 0.05) is 31.7 Å². The summed E-state index contributed by atoms with van der Waals surface area (Å²) in [5.41, 5.74) is 7.58. The van der Waals surface area contributed by atoms with Crippen LogP contribution in [0.25, 0.3) is 0 Å². The fourth-order valence-corrected chi connectivity index (χ4v) is 4.16. The number of nitrogens with one attached hydrogen (secondary N) is 3. The van der Waals surface area contributed by atoms with E-state index in [9.17, 15) is 0 Å². The predicted molar refractivity (Wildman–Crippen MR) is 111 cm³/mol. The van der Waals surface area contributed by atoms with Gasteiger partial charge in [0.15, 0.2) is 6.17 Å². The molecule has 1 saturated heterocycles. The number of fused-ring (bicyclic) bond motifs is 1. The molecule has 4 aliphatic heterocycles. The molecule has 8 nitrogen and oxygen atoms in total. The van der Waals surface area contributed by atoms with E-state index in [4.69, 9.17) is 11.1 Å². The lowest BCUT2D eigenvalue weighted by molar-refractivity contribution is 0.143. The second-order valence-electron chi connectivity index (χ2n) is 6.83. The van der Waals surface area contributed by atoms with Crippen LogP contribution in [-0.4, -0.2) is 53.9 Å². The molecule has 0 amide bonds. The average molecular weight is 431 g/mol. The molecule has 142 valence electrons. The van der Waals surface area contributed by atoms with Crippen molar-refractivity contribution in [3.63, 3.8) is 0 Å². The number of rotatable bonds is 3. The zero-order valence-corrected chi connectivity index (χ0v) is 16.4. The largest absolute Gasteiger partial charge is 0.404 e. The Morgan fingerprint density at radius 2 is 2.33 bits per heavy atom. The summed E-state index contributed by atoms with van der Waals surface area (Å²) in [4.78, 5) is 13.2. The van der Waals surface area contributed by atoms with Crippen molar-refractivity contribution in [3.05, 3.63) is 46.4 Å². The molecular formula is C18H23BrN8. The summed E-state index contributed by atoms with van der Waals surface area (Å²) >= 11 is 3.43. The van der Waals surface area contributed by atoms with E-state index >= 15 is 0 Å². The standard InChI is InChI=1S/C18H23BrN8/c19-15-11-27-14(8-24-17(27)9-23-15)18-22-4-3-16(25-18)26-5-1-2-12(10-26)13(6-20)7-21/h3-4,6-9,11-12,16-17,20,22,25H,1-2,5,10,21H2. The minimum atomic E-state index is -0.0917. The van der Waals surface area contributed by atoms with Gasteiger partial charge in [-0.1, -0.05) is 0 Å². The van der Waals surface area contributed by atoms with Crippen LogP contribution in [0.1, 0.15) is 12.8 Å². The van der Waals surface area contributed by atoms with Crippen LogP contribution in [0.5, 0.6) is 0 Å². The van der Waals surface area contributed by atoms with E-state index in [1.807, 2.05) is 24.8 Å². The van der Waals surface area contributed by atoms with Crippen LogP contribution in [0.15, 0.2) is 56.4 Å². The third kappa shape index (κ3) is 3.57. The molecule has 4 aliphatic rings. The van der Waals surface area contributed by atoms with Crippen LogP contribution in [0.4, 0.5) is 0 Å². The Balaban J connectivity index is 1.51. The lowest BCUT2D eigenvalue weighted by Crippen LogP contribution is -2.52. The molecule has 3 unspecified atom stereocenters. The van der Waals surface area contributed by atoms with E-state index in [2.05, 4.69) is 52.4 Å². The molecule has 0 aliphatic carbocycles. The van der Waals surface area contributed by atoms with Crippen LogP contribution < -0.4 is 16.4 Å². The molecule has 0 aromatic carbocycles. The first-order chi connectivity index (χ1) is 13.2. The van der Waals surface area contributed by atoms with Crippen molar-refractivity contribution < 1.29 is 0 Å². The van der Waals surface area contributed by atoms with Gasteiger partial charge in [-0.15, -0.1) is 0 Å². The van der Waals surface area contributed by atoms with Crippen LogP contribution >= 0.6 is 15.9 Å². The fourth-order valence-electron chi connectivity index (χ4n) is 3.82. The number of hydrogen-bond acceptors (Lipinski definition) is 8. The van der Waals surface area contributed by atoms with Crippen LogP contribution in [0, 0.1) is 11.3 Å². The van der Waals surface area contributed by atoms with E-state index in [-0.39, 0.29) is 12.3 Å². The van der Waals surface area contributed by atoms with Crippen molar-refractivity contribution in [2.24, 2.45) is 21.6 Å². The Kier molecular flexibility index (Phi) is 5.13. The van der Waals surface area contributed by atoms with Gasteiger partial charge in [0.25, 0.3) is 0 Å². The zero-order valence-electron chi connectivity index (χ0n) is 14.8. The van der Waals surface area contributed by atoms with Crippen molar-refractivity contribution >= 4 is 34.6 Å². The molecule has 0 aromatic rings. The predicted octanol–water partition coefficient (Wildman–Crippen LogP) is 1.38. The van der Waals surface area contributed by atoms with Crippen molar-refractivity contribution in [2.75, 3.05) is 13.1 Å². The third-order valence-corrected chi connectivity index (χ3v) is 5.63. The van der Waals surface area contributed by atoms with Gasteiger partial charge in [-0.2, -0.15) is 0 Å². The molecule has 1 fully saturated rings. The van der Waals surface area contributed by atoms with Crippen molar-refractivity contribution in [3.8, 4) is 0 Å². The highest BCUT2D eigenvalue weighted by atomic mass is 79.9. The molecule has 0 radical (unpaired) electrons. The molecule has 3 atom stereocenters. The molecule has 4 rings (SSSR count). The Bertz CT molecular complexity index is 793. The molecule has 0 bridgehead atoms. The quantitative estimate of drug-likeness (QED) is 0.399. The first kappa shape index (κ1) is 18.0. The summed E-state index contributed by atoms with van der Waals surface area (Å²) in [6, 6.07) is 0. The van der Waals surface area contributed by atoms with Gasteiger partial charge in [-0.05, 0) is 52.5 Å². The molecule has 4 heterocycles. The smallest absolute Gasteiger partial charge is 0.161 e. The maximum atomic E-state index is 7.58. The van der Waals surface area contributed by atoms with E-state index in [1.165, 1.54) is 6.21 Å². The number of aliphatic imine (C=N–C) groups is 2. The number of likely N-dealkylation sites (tertiary alicyclic amines) is 1. The second kappa shape index (κ2) is 7.69. The summed E-state index contributed by atoms with van der Waals surface area (Å²) in [6.45, 7) is 1.89. The van der Waals surface area contributed by atoms with Crippen molar-refractivity contribution in [1.29, 1.82) is 5.41 Å². The van der Waals surface area contributed by atoms with Gasteiger partial charge in [0.05, 0.1) is 12.4 Å². The Morgan fingerprint density at radius 3 is 3.15 bits per heavy atom. The van der Waals surface area contributed by atoms with E-state index in [1.54, 1.807) is 6.20 Å². The summed E-state index contributed by atoms with van der Waals surface area (Å²) < 4.78 is 0.775. The number of halogens is 1. The third-order valence-electron chi connectivity index (χ3n) is 5.22. The van der Waals surface area contributed by atoms with Crippen LogP contribution in [0.3, 0.4) is 0 Å². The summed E-state index contributed by atoms with van der Waals surface area (Å²) in [6.07, 6.45) is 14.8. The van der Waals surface area contributed by atoms with Gasteiger partial charge >= 0.3 is 0 Å². The monoisotopic (exact) mass is 430 g/mol. The summed E-state index contributed by atoms with van der Waals surface area (Å²) in [7, 11) is 0. The van der Waals surface area contributed by atoms with E-state index in [0.717, 1.165) is 47.6 Å². The molecule has 9 heteroatoms. The fraction of sp³-hybridized carbons (Fsp3) is 0.389. The topological polar surface area (TPSA) is 105 Å². The lowest BCUT2D eigenvalue weighted by atomic mass is 9.91. The zero-order chi connectivity index (χ0) is 18.8. The van der Waals surface area contributed by atoms with Gasteiger partial charge in [-0.25, -0.2) is 4.99 Å². The minimum Gasteiger partial charge on any atom is -0.404 e. The van der Waals surface area contributed by atoms with E-state index in [0.29, 0.717) is 5.92 Å². The summed E-state index contributed by atoms with van der Waals surface area (Å²) in [5.74, 6) is 1.22. The highest BCUT2D eigenvalue weighted by Gasteiger charge is 2.31. The minimum absolute atomic E-state index is 0.0830. The Morgan fingerprint density at radius 1 is 1.44 bits per heavy atom. The van der Waals surface area contributed by atoms with Gasteiger partial charge in [0.1, 0.15) is 22.3 Å². The highest BCUT2D eigenvalue weighted by Crippen LogP contribution is 2.27. The maximum absolute atomic E-state index is 7.58. The molecule has 5 N–H and O–H groups in total. The summed E-state index contributed by atoms with van der Waals surface area (Å²) in [5, 5.41) is 14.5. The second-order valence-corrected chi connectivity index (χ2v) is 7.64. The molecule has 27 heavy (non-hydrogen) atoms. The molecule has 0 saturated carbocycles. The first-order valence-corrected chi connectivity index (χ1v) is 9.82. The van der Waals surface area contributed by atoms with Crippen molar-refractivity contribution in [1.82, 2.24) is 20.4 Å². The average Bonchev–Trinajstić information content (AvgIpc) is 3.12. The number of nitrogens with two attached hydrogens (primary N) is 1. The Labute approximate surface area is 166 Å². The highest BCUT2D eigenvalue weighted by molar-refractivity contribution is 9.11. The number of allylic oxidation sites excluding steroid dienone is 1. The Hall–Kier alpha value is -2.39. The molecular weight excluding hydrogens is 408 g/mol. The van der Waals surface area contributed by atoms with Crippen LogP contribution in [0.2, 0.25) is 0 Å². The normalized spacial score (nSPS) is 33.4. The lowest BCUT2D eigenvalue weighted by Gasteiger charge is -2.40. The van der Waals surface area contributed by atoms with Gasteiger partial charge in [-0.3, -0.25) is 9.89 Å². The number of hydrogen-bond donors (Lipinski definition) is 4. The molecule has 0 aromatic heterocycles. The van der Waals surface area contributed by atoms with Crippen LogP contribution in [-0.2, 0) is 0 Å². The maximum Gasteiger partial charge on any atom is 0.161 e. The first-order valence-electron chi connectivity index (χ1n) is 9.03. The number of nitrogens with zero attached hydrogens (tertiary/aromatic N) is 4. The molecule has 0 spiro atoms. The van der Waals surface area contributed by atoms with Gasteiger partial charge < -0.3 is 26.7 Å². The van der Waals surface area contributed by atoms with Crippen molar-refractivity contribution in [2.45, 2.75) is 25.2 Å². The SMILES string of the molecule is N=CC(=CN)C1CCCN(C2C=CNC(=C3C=NC4C=NC(Br)=CN34)N2)C1. The number of piperidine rings is 1. The van der Waals surface area contributed by atoms with E-state index < -0.39 is 0 Å².